The number of nitrogens with two attached hydrogens (primary N) is 1. The molecule has 1 rings (SSSR count). The topological polar surface area (TPSA) is 26.0 Å². The highest BCUT2D eigenvalue weighted by molar-refractivity contribution is 5.62. The monoisotopic (exact) mass is 163 g/mol. The normalized spacial score (nSPS) is 17.9. The summed E-state index contributed by atoms with van der Waals surface area (Å²) in [5, 5.41) is 0. The number of hydrogen-bond donors (Lipinski definition) is 1. The zero-order valence-corrected chi connectivity index (χ0v) is 8.58. The molecule has 0 heterocycles. The fourth-order valence-corrected chi connectivity index (χ4v) is 1.81. The first kappa shape index (κ1) is 9.11. The fourth-order valence-electron chi connectivity index (χ4n) is 1.81. The second-order valence-corrected chi connectivity index (χ2v) is 3.56. The van der Waals surface area contributed by atoms with Crippen molar-refractivity contribution < 1.29 is 0 Å². The Balaban J connectivity index is 3.37. The molecule has 0 amide bonds. The van der Waals surface area contributed by atoms with Crippen molar-refractivity contribution in [2.75, 3.05) is 0 Å². The van der Waals surface area contributed by atoms with Gasteiger partial charge in [0, 0.05) is 5.70 Å². The van der Waals surface area contributed by atoms with Gasteiger partial charge in [0.2, 0.25) is 0 Å². The zero-order chi connectivity index (χ0) is 9.46. The Morgan fingerprint density at radius 3 is 1.33 bits per heavy atom. The van der Waals surface area contributed by atoms with E-state index in [2.05, 4.69) is 27.7 Å². The van der Waals surface area contributed by atoms with Crippen LogP contribution in [0.1, 0.15) is 34.6 Å². The van der Waals surface area contributed by atoms with Crippen LogP contribution in [0.2, 0.25) is 0 Å². The van der Waals surface area contributed by atoms with Gasteiger partial charge in [-0.3, -0.25) is 0 Å². The summed E-state index contributed by atoms with van der Waals surface area (Å²) in [5.74, 6) is 0. The lowest BCUT2D eigenvalue weighted by Gasteiger charge is -2.05. The van der Waals surface area contributed by atoms with Gasteiger partial charge in [-0.1, -0.05) is 0 Å². The fraction of sp³-hybridized carbons (Fsp3) is 0.455. The van der Waals surface area contributed by atoms with Crippen LogP contribution in [0.15, 0.2) is 33.6 Å². The van der Waals surface area contributed by atoms with Crippen LogP contribution in [-0.2, 0) is 0 Å². The third-order valence-corrected chi connectivity index (χ3v) is 2.83. The van der Waals surface area contributed by atoms with Crippen LogP contribution < -0.4 is 5.73 Å². The van der Waals surface area contributed by atoms with E-state index in [9.17, 15) is 0 Å². The summed E-state index contributed by atoms with van der Waals surface area (Å²) < 4.78 is 0. The van der Waals surface area contributed by atoms with Crippen molar-refractivity contribution in [3.8, 4) is 0 Å². The number of rotatable bonds is 0. The van der Waals surface area contributed by atoms with Gasteiger partial charge in [0.25, 0.3) is 0 Å². The minimum atomic E-state index is 0.932. The molecule has 0 atom stereocenters. The van der Waals surface area contributed by atoms with E-state index in [4.69, 9.17) is 5.73 Å². The zero-order valence-electron chi connectivity index (χ0n) is 8.58. The second-order valence-electron chi connectivity index (χ2n) is 3.56. The summed E-state index contributed by atoms with van der Waals surface area (Å²) in [4.78, 5) is 0. The van der Waals surface area contributed by atoms with Gasteiger partial charge < -0.3 is 5.73 Å². The Bertz CT molecular complexity index is 284. The third-order valence-electron chi connectivity index (χ3n) is 2.83. The molecule has 0 aromatic heterocycles. The van der Waals surface area contributed by atoms with Crippen LogP contribution in [0.25, 0.3) is 0 Å². The van der Waals surface area contributed by atoms with Gasteiger partial charge in [-0.25, -0.2) is 0 Å². The van der Waals surface area contributed by atoms with Crippen molar-refractivity contribution in [2.24, 2.45) is 5.73 Å². The summed E-state index contributed by atoms with van der Waals surface area (Å²) >= 11 is 0. The van der Waals surface area contributed by atoms with Crippen LogP contribution in [-0.4, -0.2) is 0 Å². The van der Waals surface area contributed by atoms with E-state index in [1.54, 1.807) is 0 Å². The van der Waals surface area contributed by atoms with Gasteiger partial charge in [-0.05, 0) is 62.5 Å². The largest absolute Gasteiger partial charge is 0.402 e. The highest BCUT2D eigenvalue weighted by Crippen LogP contribution is 2.36. The quantitative estimate of drug-likeness (QED) is 0.584. The first-order valence-corrected chi connectivity index (χ1v) is 4.29. The van der Waals surface area contributed by atoms with Gasteiger partial charge in [0.15, 0.2) is 0 Å². The van der Waals surface area contributed by atoms with E-state index in [0.29, 0.717) is 0 Å². The molecule has 0 aromatic carbocycles. The van der Waals surface area contributed by atoms with Crippen LogP contribution >= 0.6 is 0 Å². The predicted octanol–water partition coefficient (Wildman–Crippen LogP) is 2.91. The van der Waals surface area contributed by atoms with Crippen molar-refractivity contribution in [3.63, 3.8) is 0 Å². The van der Waals surface area contributed by atoms with E-state index < -0.39 is 0 Å². The van der Waals surface area contributed by atoms with Gasteiger partial charge >= 0.3 is 0 Å². The Labute approximate surface area is 74.7 Å². The third kappa shape index (κ3) is 1.09. The summed E-state index contributed by atoms with van der Waals surface area (Å²) in [7, 11) is 0. The van der Waals surface area contributed by atoms with E-state index >= 15 is 0 Å². The smallest absolute Gasteiger partial charge is 0.0128 e. The number of allylic oxidation sites excluding steroid dienone is 6. The first-order chi connectivity index (χ1) is 5.46. The Kier molecular flexibility index (Phi) is 2.14. The highest BCUT2D eigenvalue weighted by atomic mass is 14.6. The van der Waals surface area contributed by atoms with E-state index in [1.807, 2.05) is 6.92 Å². The molecule has 0 bridgehead atoms. The maximum absolute atomic E-state index is 5.81. The van der Waals surface area contributed by atoms with Gasteiger partial charge in [0.05, 0.1) is 0 Å². The second kappa shape index (κ2) is 2.81. The van der Waals surface area contributed by atoms with Crippen LogP contribution in [0, 0.1) is 0 Å². The average molecular weight is 163 g/mol. The molecule has 12 heavy (non-hydrogen) atoms. The van der Waals surface area contributed by atoms with Crippen LogP contribution in [0.5, 0.6) is 0 Å². The van der Waals surface area contributed by atoms with Crippen molar-refractivity contribution >= 4 is 0 Å². The molecule has 2 N–H and O–H groups in total. The first-order valence-electron chi connectivity index (χ1n) is 4.29. The molecule has 1 aliphatic rings. The molecule has 1 aliphatic carbocycles. The molecular formula is C11H17N. The lowest BCUT2D eigenvalue weighted by molar-refractivity contribution is 1.20. The summed E-state index contributed by atoms with van der Waals surface area (Å²) in [6.07, 6.45) is 0. The molecule has 0 fully saturated rings. The Hall–Kier alpha value is -0.980. The predicted molar refractivity (Wildman–Crippen MR) is 53.6 cm³/mol. The van der Waals surface area contributed by atoms with Crippen molar-refractivity contribution in [2.45, 2.75) is 34.6 Å². The summed E-state index contributed by atoms with van der Waals surface area (Å²) in [6, 6.07) is 0. The summed E-state index contributed by atoms with van der Waals surface area (Å²) in [5.41, 5.74) is 13.4. The van der Waals surface area contributed by atoms with Crippen LogP contribution in [0.4, 0.5) is 0 Å². The minimum Gasteiger partial charge on any atom is -0.402 e. The molecule has 0 saturated heterocycles. The Morgan fingerprint density at radius 1 is 0.833 bits per heavy atom. The van der Waals surface area contributed by atoms with Crippen LogP contribution in [0.3, 0.4) is 0 Å². The molecule has 0 spiro atoms. The van der Waals surface area contributed by atoms with Crippen molar-refractivity contribution in [1.29, 1.82) is 0 Å². The molecule has 66 valence electrons. The average Bonchev–Trinajstić information content (AvgIpc) is 2.16. The standard InChI is InChI=1S/C11H17N/c1-6-7(2)9(4)11(8(6)3)10(5)12/h12H2,1-5H3. The molecule has 1 heteroatoms. The molecule has 0 saturated carbocycles. The van der Waals surface area contributed by atoms with Gasteiger partial charge in [-0.15, -0.1) is 0 Å². The van der Waals surface area contributed by atoms with Crippen molar-refractivity contribution in [3.05, 3.63) is 33.6 Å². The molecule has 0 aromatic rings. The van der Waals surface area contributed by atoms with E-state index in [1.165, 1.54) is 27.9 Å². The van der Waals surface area contributed by atoms with Crippen molar-refractivity contribution in [1.82, 2.24) is 0 Å². The van der Waals surface area contributed by atoms with Gasteiger partial charge in [0.1, 0.15) is 0 Å². The molecular weight excluding hydrogens is 146 g/mol. The lowest BCUT2D eigenvalue weighted by Crippen LogP contribution is -1.98. The lowest BCUT2D eigenvalue weighted by atomic mass is 10.0. The number of hydrogen-bond acceptors (Lipinski definition) is 1. The molecule has 0 aliphatic heterocycles. The molecule has 0 unspecified atom stereocenters. The SMILES string of the molecule is CC(N)=C1C(C)=C(C)C(C)=C1C. The Morgan fingerprint density at radius 2 is 1.17 bits per heavy atom. The van der Waals surface area contributed by atoms with Gasteiger partial charge in [-0.2, -0.15) is 0 Å². The van der Waals surface area contributed by atoms with E-state index in [0.717, 1.165) is 5.70 Å². The molecule has 0 radical (unpaired) electrons. The maximum atomic E-state index is 5.81. The highest BCUT2D eigenvalue weighted by Gasteiger charge is 2.18. The minimum absolute atomic E-state index is 0.932. The summed E-state index contributed by atoms with van der Waals surface area (Å²) in [6.45, 7) is 10.6. The maximum Gasteiger partial charge on any atom is 0.0128 e. The van der Waals surface area contributed by atoms with E-state index in [-0.39, 0.29) is 0 Å². The molecule has 1 nitrogen and oxygen atoms in total.